The van der Waals surface area contributed by atoms with Gasteiger partial charge in [-0.3, -0.25) is 4.79 Å². The summed E-state index contributed by atoms with van der Waals surface area (Å²) in [5.74, 6) is -0.794. The van der Waals surface area contributed by atoms with E-state index in [1.807, 2.05) is 13.8 Å². The Labute approximate surface area is 120 Å². The summed E-state index contributed by atoms with van der Waals surface area (Å²) in [6.07, 6.45) is 0.536. The maximum absolute atomic E-state index is 12.3. The van der Waals surface area contributed by atoms with E-state index in [0.29, 0.717) is 25.2 Å². The minimum Gasteiger partial charge on any atom is -0.481 e. The van der Waals surface area contributed by atoms with Crippen LogP contribution in [0.25, 0.3) is 0 Å². The summed E-state index contributed by atoms with van der Waals surface area (Å²) < 4.78 is 24.5. The summed E-state index contributed by atoms with van der Waals surface area (Å²) in [7, 11) is -3.32. The number of carboxylic acids is 1. The largest absolute Gasteiger partial charge is 0.481 e. The highest BCUT2D eigenvalue weighted by molar-refractivity contribution is 7.91. The first-order chi connectivity index (χ1) is 9.42. The van der Waals surface area contributed by atoms with E-state index in [4.69, 9.17) is 5.11 Å². The molecule has 1 aromatic carbocycles. The molecule has 0 atom stereocenters. The normalized spacial score (nSPS) is 11.3. The van der Waals surface area contributed by atoms with Gasteiger partial charge < -0.3 is 10.0 Å². The number of carbonyl (C=O) groups is 1. The van der Waals surface area contributed by atoms with Crippen LogP contribution in [0.4, 0.5) is 5.69 Å². The first-order valence-electron chi connectivity index (χ1n) is 6.71. The van der Waals surface area contributed by atoms with E-state index in [2.05, 4.69) is 0 Å². The van der Waals surface area contributed by atoms with Crippen LogP contribution in [0.1, 0.15) is 26.7 Å². The van der Waals surface area contributed by atoms with Crippen molar-refractivity contribution in [1.82, 2.24) is 0 Å². The second kappa shape index (κ2) is 7.28. The molecular weight excluding hydrogens is 278 g/mol. The Hall–Kier alpha value is -1.56. The zero-order chi connectivity index (χ0) is 15.2. The minimum absolute atomic E-state index is 0.0179. The second-order valence-electron chi connectivity index (χ2n) is 4.51. The van der Waals surface area contributed by atoms with Crippen LogP contribution in [-0.4, -0.2) is 38.3 Å². The molecule has 0 aromatic heterocycles. The van der Waals surface area contributed by atoms with Gasteiger partial charge in [0.2, 0.25) is 0 Å². The summed E-state index contributed by atoms with van der Waals surface area (Å²) in [6, 6.07) is 6.78. The first-order valence-corrected chi connectivity index (χ1v) is 8.36. The van der Waals surface area contributed by atoms with E-state index < -0.39 is 15.8 Å². The molecule has 0 radical (unpaired) electrons. The number of hydrogen-bond donors (Lipinski definition) is 1. The number of benzene rings is 1. The summed E-state index contributed by atoms with van der Waals surface area (Å²) in [5, 5.41) is 8.77. The monoisotopic (exact) mass is 299 g/mol. The van der Waals surface area contributed by atoms with Crippen molar-refractivity contribution >= 4 is 21.5 Å². The molecule has 6 heteroatoms. The zero-order valence-electron chi connectivity index (χ0n) is 11.9. The van der Waals surface area contributed by atoms with Crippen molar-refractivity contribution in [3.05, 3.63) is 24.3 Å². The molecule has 0 aliphatic carbocycles. The summed E-state index contributed by atoms with van der Waals surface area (Å²) in [4.78, 5) is 12.8. The number of rotatable bonds is 8. The van der Waals surface area contributed by atoms with Crippen molar-refractivity contribution in [2.75, 3.05) is 23.7 Å². The highest BCUT2D eigenvalue weighted by atomic mass is 32.2. The van der Waals surface area contributed by atoms with Crippen molar-refractivity contribution in [2.45, 2.75) is 31.6 Å². The number of carboxylic acid groups (broad SMARTS) is 1. The number of aliphatic carboxylic acids is 1. The topological polar surface area (TPSA) is 74.7 Å². The Balaban J connectivity index is 3.13. The van der Waals surface area contributed by atoms with Crippen LogP contribution in [0.5, 0.6) is 0 Å². The van der Waals surface area contributed by atoms with Crippen molar-refractivity contribution in [1.29, 1.82) is 0 Å². The lowest BCUT2D eigenvalue weighted by Crippen LogP contribution is -2.27. The highest BCUT2D eigenvalue weighted by Crippen LogP contribution is 2.26. The number of nitrogens with zero attached hydrogens (tertiary/aromatic N) is 1. The van der Waals surface area contributed by atoms with Gasteiger partial charge in [-0.2, -0.15) is 0 Å². The number of sulfone groups is 1. The molecule has 0 amide bonds. The molecule has 0 unspecified atom stereocenters. The second-order valence-corrected chi connectivity index (χ2v) is 6.59. The number of anilines is 1. The molecule has 5 nitrogen and oxygen atoms in total. The lowest BCUT2D eigenvalue weighted by Gasteiger charge is -2.24. The van der Waals surface area contributed by atoms with E-state index >= 15 is 0 Å². The Bertz CT molecular complexity index is 554. The Morgan fingerprint density at radius 1 is 1.25 bits per heavy atom. The fraction of sp³-hybridized carbons (Fsp3) is 0.500. The van der Waals surface area contributed by atoms with E-state index in [1.54, 1.807) is 29.2 Å². The predicted octanol–water partition coefficient (Wildman–Crippen LogP) is 2.17. The van der Waals surface area contributed by atoms with Crippen molar-refractivity contribution in [3.63, 3.8) is 0 Å². The Morgan fingerprint density at radius 3 is 2.45 bits per heavy atom. The molecule has 0 bridgehead atoms. The van der Waals surface area contributed by atoms with Crippen LogP contribution in [0.3, 0.4) is 0 Å². The van der Waals surface area contributed by atoms with Crippen molar-refractivity contribution in [2.24, 2.45) is 0 Å². The molecule has 0 aliphatic rings. The van der Waals surface area contributed by atoms with Crippen LogP contribution >= 0.6 is 0 Å². The van der Waals surface area contributed by atoms with E-state index in [0.717, 1.165) is 0 Å². The third-order valence-corrected chi connectivity index (χ3v) is 4.95. The van der Waals surface area contributed by atoms with Crippen molar-refractivity contribution in [3.8, 4) is 0 Å². The molecule has 1 N–H and O–H groups in total. The van der Waals surface area contributed by atoms with Crippen LogP contribution in [-0.2, 0) is 14.6 Å². The molecule has 0 saturated carbocycles. The van der Waals surface area contributed by atoms with Crippen molar-refractivity contribution < 1.29 is 18.3 Å². The fourth-order valence-corrected chi connectivity index (χ4v) is 3.60. The molecule has 0 heterocycles. The molecule has 112 valence electrons. The summed E-state index contributed by atoms with van der Waals surface area (Å²) >= 11 is 0. The van der Waals surface area contributed by atoms with Gasteiger partial charge in [0.1, 0.15) is 0 Å². The van der Waals surface area contributed by atoms with Gasteiger partial charge in [0, 0.05) is 13.1 Å². The average Bonchev–Trinajstić information content (AvgIpc) is 2.39. The molecule has 1 rings (SSSR count). The lowest BCUT2D eigenvalue weighted by atomic mass is 10.2. The van der Waals surface area contributed by atoms with E-state index in [9.17, 15) is 13.2 Å². The molecule has 0 saturated heterocycles. The van der Waals surface area contributed by atoms with Gasteiger partial charge in [-0.1, -0.05) is 19.1 Å². The minimum atomic E-state index is -3.32. The molecule has 1 aromatic rings. The zero-order valence-corrected chi connectivity index (χ0v) is 12.7. The van der Waals surface area contributed by atoms with Crippen LogP contribution in [0.15, 0.2) is 29.2 Å². The van der Waals surface area contributed by atoms with Gasteiger partial charge in [-0.25, -0.2) is 8.42 Å². The van der Waals surface area contributed by atoms with Gasteiger partial charge in [0.25, 0.3) is 0 Å². The van der Waals surface area contributed by atoms with Gasteiger partial charge in [-0.05, 0) is 25.5 Å². The smallest absolute Gasteiger partial charge is 0.305 e. The summed E-state index contributed by atoms with van der Waals surface area (Å²) in [6.45, 7) is 4.56. The SMILES string of the molecule is CCCS(=O)(=O)c1ccccc1N(CC)CCC(=O)O. The van der Waals surface area contributed by atoms with Gasteiger partial charge in [0.15, 0.2) is 9.84 Å². The Kier molecular flexibility index (Phi) is 6.01. The van der Waals surface area contributed by atoms with Gasteiger partial charge >= 0.3 is 5.97 Å². The van der Waals surface area contributed by atoms with Gasteiger partial charge in [0.05, 0.1) is 22.8 Å². The molecule has 0 spiro atoms. The number of para-hydroxylation sites is 1. The molecule has 0 fully saturated rings. The Morgan fingerprint density at radius 2 is 1.90 bits per heavy atom. The summed E-state index contributed by atoms with van der Waals surface area (Å²) in [5.41, 5.74) is 0.588. The first kappa shape index (κ1) is 16.5. The van der Waals surface area contributed by atoms with Crippen LogP contribution in [0.2, 0.25) is 0 Å². The maximum Gasteiger partial charge on any atom is 0.305 e. The molecule has 20 heavy (non-hydrogen) atoms. The molecule has 0 aliphatic heterocycles. The standard InChI is InChI=1S/C14H21NO4S/c1-3-11-20(18,19)13-8-6-5-7-12(13)15(4-2)10-9-14(16)17/h5-8H,3-4,9-11H2,1-2H3,(H,16,17). The van der Waals surface area contributed by atoms with E-state index in [-0.39, 0.29) is 17.1 Å². The lowest BCUT2D eigenvalue weighted by molar-refractivity contribution is -0.136. The van der Waals surface area contributed by atoms with Crippen LogP contribution < -0.4 is 4.90 Å². The highest BCUT2D eigenvalue weighted by Gasteiger charge is 2.20. The number of hydrogen-bond acceptors (Lipinski definition) is 4. The average molecular weight is 299 g/mol. The molecular formula is C14H21NO4S. The van der Waals surface area contributed by atoms with Crippen LogP contribution in [0, 0.1) is 0 Å². The van der Waals surface area contributed by atoms with Gasteiger partial charge in [-0.15, -0.1) is 0 Å². The van der Waals surface area contributed by atoms with E-state index in [1.165, 1.54) is 0 Å². The third kappa shape index (κ3) is 4.23. The predicted molar refractivity (Wildman–Crippen MR) is 78.9 cm³/mol. The maximum atomic E-state index is 12.3. The fourth-order valence-electron chi connectivity index (χ4n) is 2.04. The third-order valence-electron chi connectivity index (χ3n) is 2.99. The quantitative estimate of drug-likeness (QED) is 0.796.